The average molecular weight is 410 g/mol. The van der Waals surface area contributed by atoms with Gasteiger partial charge >= 0.3 is 6.10 Å². The molecule has 0 spiro atoms. The number of amides is 1. The Morgan fingerprint density at radius 2 is 1.79 bits per heavy atom. The topological polar surface area (TPSA) is 109 Å². The van der Waals surface area contributed by atoms with Crippen molar-refractivity contribution in [1.82, 2.24) is 15.2 Å². The standard InChI is InChI=1S/C20H31FN4O4/c1-19(2,3)13-6-9-25(12-13)14-7-10-24(11-8-14)16-5-4-15(22-17(16)21)18(26)23-20(27,28)29/h4-5,13-14,27-29H,6-12H2,1-3H3,(H,23,26). The lowest BCUT2D eigenvalue weighted by molar-refractivity contribution is -0.323. The molecule has 1 atom stereocenters. The maximum atomic E-state index is 14.5. The molecule has 0 radical (unpaired) electrons. The number of rotatable bonds is 4. The van der Waals surface area contributed by atoms with E-state index < -0.39 is 18.0 Å². The van der Waals surface area contributed by atoms with Crippen LogP contribution in [0.1, 0.15) is 50.5 Å². The van der Waals surface area contributed by atoms with Gasteiger partial charge in [0.2, 0.25) is 5.95 Å². The molecule has 0 bridgehead atoms. The number of likely N-dealkylation sites (tertiary alicyclic amines) is 1. The van der Waals surface area contributed by atoms with Crippen LogP contribution in [0.2, 0.25) is 0 Å². The van der Waals surface area contributed by atoms with Gasteiger partial charge in [-0.2, -0.15) is 4.39 Å². The maximum absolute atomic E-state index is 14.5. The quantitative estimate of drug-likeness (QED) is 0.431. The van der Waals surface area contributed by atoms with Crippen LogP contribution in [-0.2, 0) is 0 Å². The number of hydrogen-bond acceptors (Lipinski definition) is 7. The van der Waals surface area contributed by atoms with Gasteiger partial charge in [-0.25, -0.2) is 4.98 Å². The normalized spacial score (nSPS) is 22.2. The third-order valence-electron chi connectivity index (χ3n) is 6.11. The van der Waals surface area contributed by atoms with E-state index in [-0.39, 0.29) is 5.69 Å². The number of carbonyl (C=O) groups excluding carboxylic acids is 1. The van der Waals surface area contributed by atoms with Crippen LogP contribution in [-0.4, -0.2) is 69.4 Å². The molecular weight excluding hydrogens is 379 g/mol. The first-order chi connectivity index (χ1) is 13.4. The van der Waals surface area contributed by atoms with Gasteiger partial charge in [-0.1, -0.05) is 20.8 Å². The molecule has 0 saturated carbocycles. The number of nitrogens with one attached hydrogen (secondary N) is 1. The summed E-state index contributed by atoms with van der Waals surface area (Å²) in [6.07, 6.45) is -0.263. The molecule has 3 heterocycles. The summed E-state index contributed by atoms with van der Waals surface area (Å²) < 4.78 is 14.5. The summed E-state index contributed by atoms with van der Waals surface area (Å²) in [6, 6.07) is 3.25. The summed E-state index contributed by atoms with van der Waals surface area (Å²) in [7, 11) is 0. The van der Waals surface area contributed by atoms with Crippen LogP contribution in [0, 0.1) is 17.3 Å². The van der Waals surface area contributed by atoms with Gasteiger partial charge in [-0.15, -0.1) is 0 Å². The molecule has 0 aliphatic carbocycles. The van der Waals surface area contributed by atoms with E-state index in [0.29, 0.717) is 36.2 Å². The molecule has 2 saturated heterocycles. The number of nitrogens with zero attached hydrogens (tertiary/aromatic N) is 3. The molecular formula is C20H31FN4O4. The van der Waals surface area contributed by atoms with E-state index in [0.717, 1.165) is 25.9 Å². The van der Waals surface area contributed by atoms with Gasteiger partial charge in [-0.05, 0) is 49.3 Å². The van der Waals surface area contributed by atoms with Crippen LogP contribution in [0.5, 0.6) is 0 Å². The molecule has 2 aliphatic rings. The molecule has 1 aromatic rings. The maximum Gasteiger partial charge on any atom is 0.369 e. The molecule has 29 heavy (non-hydrogen) atoms. The Labute approximate surface area is 170 Å². The van der Waals surface area contributed by atoms with E-state index in [4.69, 9.17) is 15.3 Å². The number of halogens is 1. The van der Waals surface area contributed by atoms with Crippen molar-refractivity contribution < 1.29 is 24.5 Å². The Morgan fingerprint density at radius 3 is 2.31 bits per heavy atom. The zero-order chi connectivity index (χ0) is 21.4. The summed E-state index contributed by atoms with van der Waals surface area (Å²) in [6.45, 7) is 10.5. The Hall–Kier alpha value is -1.81. The lowest BCUT2D eigenvalue weighted by atomic mass is 9.80. The fourth-order valence-corrected chi connectivity index (χ4v) is 4.30. The Bertz CT molecular complexity index is 739. The second-order valence-corrected chi connectivity index (χ2v) is 9.16. The number of anilines is 1. The summed E-state index contributed by atoms with van der Waals surface area (Å²) in [5, 5.41) is 27.9. The highest BCUT2D eigenvalue weighted by atomic mass is 19.1. The number of hydrogen-bond donors (Lipinski definition) is 4. The Morgan fingerprint density at radius 1 is 1.14 bits per heavy atom. The molecule has 1 aromatic heterocycles. The molecule has 2 aliphatic heterocycles. The molecule has 162 valence electrons. The summed E-state index contributed by atoms with van der Waals surface area (Å²) in [5.74, 6) is -1.19. The van der Waals surface area contributed by atoms with E-state index in [1.165, 1.54) is 23.9 Å². The molecule has 8 nitrogen and oxygen atoms in total. The lowest BCUT2D eigenvalue weighted by Gasteiger charge is -2.38. The number of pyridine rings is 1. The van der Waals surface area contributed by atoms with Crippen molar-refractivity contribution in [3.05, 3.63) is 23.8 Å². The van der Waals surface area contributed by atoms with E-state index in [1.54, 1.807) is 0 Å². The SMILES string of the molecule is CC(C)(C)C1CCN(C2CCN(c3ccc(C(=O)NC(O)(O)O)nc3F)CC2)C1. The first-order valence-electron chi connectivity index (χ1n) is 10.1. The van der Waals surface area contributed by atoms with Crippen LogP contribution in [0.3, 0.4) is 0 Å². The molecule has 4 N–H and O–H groups in total. The average Bonchev–Trinajstić information content (AvgIpc) is 3.11. The minimum absolute atomic E-state index is 0.317. The predicted octanol–water partition coefficient (Wildman–Crippen LogP) is 0.875. The molecule has 2 fully saturated rings. The van der Waals surface area contributed by atoms with Gasteiger partial charge in [0, 0.05) is 25.7 Å². The van der Waals surface area contributed by atoms with E-state index in [2.05, 4.69) is 30.7 Å². The van der Waals surface area contributed by atoms with Crippen LogP contribution in [0.25, 0.3) is 0 Å². The van der Waals surface area contributed by atoms with Crippen molar-refractivity contribution in [2.24, 2.45) is 11.3 Å². The van der Waals surface area contributed by atoms with Crippen molar-refractivity contribution in [1.29, 1.82) is 0 Å². The van der Waals surface area contributed by atoms with Gasteiger partial charge in [-0.3, -0.25) is 15.0 Å². The first kappa shape index (κ1) is 21.9. The van der Waals surface area contributed by atoms with Gasteiger partial charge in [0.1, 0.15) is 5.69 Å². The minimum Gasteiger partial charge on any atom is -0.368 e. The smallest absolute Gasteiger partial charge is 0.368 e. The fraction of sp³-hybridized carbons (Fsp3) is 0.700. The van der Waals surface area contributed by atoms with Crippen LogP contribution in [0.15, 0.2) is 12.1 Å². The molecule has 1 amide bonds. The van der Waals surface area contributed by atoms with Crippen LogP contribution < -0.4 is 10.2 Å². The first-order valence-corrected chi connectivity index (χ1v) is 10.1. The Kier molecular flexibility index (Phi) is 6.14. The van der Waals surface area contributed by atoms with Crippen molar-refractivity contribution in [3.63, 3.8) is 0 Å². The highest BCUT2D eigenvalue weighted by Gasteiger charge is 2.36. The lowest BCUT2D eigenvalue weighted by Crippen LogP contribution is -2.48. The largest absolute Gasteiger partial charge is 0.369 e. The second-order valence-electron chi connectivity index (χ2n) is 9.16. The number of piperidine rings is 1. The van der Waals surface area contributed by atoms with Crippen molar-refractivity contribution in [2.45, 2.75) is 52.2 Å². The van der Waals surface area contributed by atoms with Gasteiger partial charge in [0.25, 0.3) is 5.91 Å². The second kappa shape index (κ2) is 8.14. The highest BCUT2D eigenvalue weighted by Crippen LogP contribution is 2.36. The van der Waals surface area contributed by atoms with Gasteiger partial charge in [0.15, 0.2) is 0 Å². The third kappa shape index (κ3) is 5.42. The zero-order valence-electron chi connectivity index (χ0n) is 17.2. The van der Waals surface area contributed by atoms with Crippen LogP contribution in [0.4, 0.5) is 10.1 Å². The van der Waals surface area contributed by atoms with E-state index >= 15 is 0 Å². The minimum atomic E-state index is -3.38. The third-order valence-corrected chi connectivity index (χ3v) is 6.11. The summed E-state index contributed by atoms with van der Waals surface area (Å²) in [4.78, 5) is 19.8. The highest BCUT2D eigenvalue weighted by molar-refractivity contribution is 5.92. The van der Waals surface area contributed by atoms with Crippen molar-refractivity contribution in [3.8, 4) is 0 Å². The number of carbonyl (C=O) groups is 1. The molecule has 1 unspecified atom stereocenters. The summed E-state index contributed by atoms with van der Waals surface area (Å²) in [5.41, 5.74) is 0.283. The van der Waals surface area contributed by atoms with Crippen LogP contribution >= 0.6 is 0 Å². The molecule has 9 heteroatoms. The summed E-state index contributed by atoms with van der Waals surface area (Å²) >= 11 is 0. The number of aliphatic hydroxyl groups is 3. The fourth-order valence-electron chi connectivity index (χ4n) is 4.30. The van der Waals surface area contributed by atoms with Gasteiger partial charge < -0.3 is 20.2 Å². The predicted molar refractivity (Wildman–Crippen MR) is 105 cm³/mol. The van der Waals surface area contributed by atoms with Crippen molar-refractivity contribution in [2.75, 3.05) is 31.1 Å². The number of aromatic nitrogens is 1. The van der Waals surface area contributed by atoms with Crippen molar-refractivity contribution >= 4 is 11.6 Å². The van der Waals surface area contributed by atoms with E-state index in [9.17, 15) is 9.18 Å². The molecule has 3 rings (SSSR count). The molecule has 0 aromatic carbocycles. The van der Waals surface area contributed by atoms with Gasteiger partial charge in [0.05, 0.1) is 5.69 Å². The van der Waals surface area contributed by atoms with E-state index in [1.807, 2.05) is 4.90 Å². The monoisotopic (exact) mass is 410 g/mol. The zero-order valence-corrected chi connectivity index (χ0v) is 17.2. The Balaban J connectivity index is 1.58.